The second kappa shape index (κ2) is 6.31. The highest BCUT2D eigenvalue weighted by Gasteiger charge is 2.21. The Bertz CT molecular complexity index is 319. The zero-order chi connectivity index (χ0) is 12.0. The average molecular weight is 219 g/mol. The van der Waals surface area contributed by atoms with Crippen LogP contribution in [0.5, 0.6) is 0 Å². The van der Waals surface area contributed by atoms with Gasteiger partial charge in [-0.25, -0.2) is 0 Å². The van der Waals surface area contributed by atoms with E-state index < -0.39 is 0 Å². The van der Waals surface area contributed by atoms with Gasteiger partial charge in [0.1, 0.15) is 0 Å². The van der Waals surface area contributed by atoms with Gasteiger partial charge in [0.25, 0.3) is 0 Å². The minimum atomic E-state index is 0.0716. The molecule has 0 saturated carbocycles. The summed E-state index contributed by atoms with van der Waals surface area (Å²) in [5, 5.41) is 2.91. The molecule has 0 aliphatic carbocycles. The van der Waals surface area contributed by atoms with E-state index in [1.54, 1.807) is 0 Å². The number of hydrogen-bond donors (Lipinski definition) is 1. The fourth-order valence-electron chi connectivity index (χ4n) is 1.80. The maximum Gasteiger partial charge on any atom is 0.223 e. The number of carbonyl (C=O) groups excluding carboxylic acids is 1. The third kappa shape index (κ3) is 3.69. The number of amides is 1. The van der Waals surface area contributed by atoms with Crippen LogP contribution in [0.25, 0.3) is 0 Å². The molecule has 2 nitrogen and oxygen atoms in total. The zero-order valence-electron chi connectivity index (χ0n) is 10.4. The molecule has 0 aliphatic rings. The normalized spacial score (nSPS) is 12.5. The van der Waals surface area contributed by atoms with E-state index in [1.165, 1.54) is 5.56 Å². The van der Waals surface area contributed by atoms with E-state index in [4.69, 9.17) is 0 Å². The zero-order valence-corrected chi connectivity index (χ0v) is 10.4. The van der Waals surface area contributed by atoms with Crippen LogP contribution in [0.4, 0.5) is 0 Å². The van der Waals surface area contributed by atoms with Crippen molar-refractivity contribution in [1.82, 2.24) is 5.32 Å². The first-order chi connectivity index (χ1) is 7.65. The van der Waals surface area contributed by atoms with Gasteiger partial charge in [0.2, 0.25) is 5.91 Å². The Hall–Kier alpha value is -1.31. The molecule has 0 saturated heterocycles. The van der Waals surface area contributed by atoms with Crippen molar-refractivity contribution in [1.29, 1.82) is 0 Å². The van der Waals surface area contributed by atoms with E-state index in [0.29, 0.717) is 12.5 Å². The summed E-state index contributed by atoms with van der Waals surface area (Å²) in [4.78, 5) is 11.9. The summed E-state index contributed by atoms with van der Waals surface area (Å²) >= 11 is 0. The van der Waals surface area contributed by atoms with Crippen molar-refractivity contribution < 1.29 is 4.79 Å². The van der Waals surface area contributed by atoms with Crippen molar-refractivity contribution in [2.24, 2.45) is 11.8 Å². The molecule has 1 N–H and O–H groups in total. The van der Waals surface area contributed by atoms with Gasteiger partial charge in [0.05, 0.1) is 0 Å². The number of rotatable bonds is 5. The average Bonchev–Trinajstić information content (AvgIpc) is 2.27. The summed E-state index contributed by atoms with van der Waals surface area (Å²) in [6.45, 7) is 6.86. The molecule has 1 aromatic rings. The molecule has 1 rings (SSSR count). The van der Waals surface area contributed by atoms with Gasteiger partial charge in [-0.15, -0.1) is 0 Å². The van der Waals surface area contributed by atoms with Crippen molar-refractivity contribution in [3.05, 3.63) is 35.9 Å². The molecule has 0 aliphatic heterocycles. The fraction of sp³-hybridized carbons (Fsp3) is 0.500. The van der Waals surface area contributed by atoms with E-state index in [1.807, 2.05) is 25.1 Å². The molecule has 0 bridgehead atoms. The van der Waals surface area contributed by atoms with Crippen molar-refractivity contribution >= 4 is 5.91 Å². The van der Waals surface area contributed by atoms with Gasteiger partial charge in [-0.1, -0.05) is 44.2 Å². The topological polar surface area (TPSA) is 29.1 Å². The smallest absolute Gasteiger partial charge is 0.223 e. The molecule has 1 unspecified atom stereocenters. The Balaban J connectivity index is 2.69. The van der Waals surface area contributed by atoms with Crippen molar-refractivity contribution in [2.75, 3.05) is 6.54 Å². The predicted molar refractivity (Wildman–Crippen MR) is 67.2 cm³/mol. The minimum absolute atomic E-state index is 0.0716. The maximum absolute atomic E-state index is 11.9. The standard InChI is InChI=1S/C14H21NO/c1-4-15-14(16)13(11(2)3)10-12-8-6-5-7-9-12/h5-9,11,13H,4,10H2,1-3H3,(H,15,16). The van der Waals surface area contributed by atoms with Gasteiger partial charge in [-0.05, 0) is 24.8 Å². The van der Waals surface area contributed by atoms with Gasteiger partial charge in [0, 0.05) is 12.5 Å². The van der Waals surface area contributed by atoms with Crippen molar-refractivity contribution in [3.63, 3.8) is 0 Å². The van der Waals surface area contributed by atoms with E-state index in [9.17, 15) is 4.79 Å². The van der Waals surface area contributed by atoms with Crippen LogP contribution < -0.4 is 5.32 Å². The Labute approximate surface area is 98.1 Å². The molecule has 16 heavy (non-hydrogen) atoms. The van der Waals surface area contributed by atoms with E-state index in [2.05, 4.69) is 31.3 Å². The van der Waals surface area contributed by atoms with Crippen LogP contribution >= 0.6 is 0 Å². The van der Waals surface area contributed by atoms with Gasteiger partial charge >= 0.3 is 0 Å². The third-order valence-electron chi connectivity index (χ3n) is 2.79. The van der Waals surface area contributed by atoms with Gasteiger partial charge < -0.3 is 5.32 Å². The van der Waals surface area contributed by atoms with Gasteiger partial charge in [-0.3, -0.25) is 4.79 Å². The summed E-state index contributed by atoms with van der Waals surface area (Å²) in [5.74, 6) is 0.607. The first-order valence-electron chi connectivity index (χ1n) is 5.96. The summed E-state index contributed by atoms with van der Waals surface area (Å²) in [7, 11) is 0. The largest absolute Gasteiger partial charge is 0.356 e. The molecule has 1 amide bonds. The first-order valence-corrected chi connectivity index (χ1v) is 5.96. The molecule has 88 valence electrons. The number of carbonyl (C=O) groups is 1. The molecule has 2 heteroatoms. The highest BCUT2D eigenvalue weighted by Crippen LogP contribution is 2.17. The fourth-order valence-corrected chi connectivity index (χ4v) is 1.80. The quantitative estimate of drug-likeness (QED) is 0.810. The molecule has 0 fully saturated rings. The summed E-state index contributed by atoms with van der Waals surface area (Å²) < 4.78 is 0. The lowest BCUT2D eigenvalue weighted by molar-refractivity contribution is -0.126. The lowest BCUT2D eigenvalue weighted by Gasteiger charge is -2.19. The molecular weight excluding hydrogens is 198 g/mol. The number of benzene rings is 1. The molecule has 1 atom stereocenters. The molecule has 0 spiro atoms. The van der Waals surface area contributed by atoms with Crippen LogP contribution in [0.3, 0.4) is 0 Å². The second-order valence-electron chi connectivity index (χ2n) is 4.43. The van der Waals surface area contributed by atoms with Crippen LogP contribution in [0.1, 0.15) is 26.3 Å². The van der Waals surface area contributed by atoms with Crippen LogP contribution in [0, 0.1) is 11.8 Å². The van der Waals surface area contributed by atoms with E-state index in [-0.39, 0.29) is 11.8 Å². The predicted octanol–water partition coefficient (Wildman–Crippen LogP) is 2.64. The maximum atomic E-state index is 11.9. The molecule has 0 heterocycles. The molecule has 1 aromatic carbocycles. The van der Waals surface area contributed by atoms with Crippen LogP contribution in [0.2, 0.25) is 0 Å². The van der Waals surface area contributed by atoms with Gasteiger partial charge in [-0.2, -0.15) is 0 Å². The highest BCUT2D eigenvalue weighted by molar-refractivity contribution is 5.79. The SMILES string of the molecule is CCNC(=O)C(Cc1ccccc1)C(C)C. The van der Waals surface area contributed by atoms with E-state index >= 15 is 0 Å². The first kappa shape index (κ1) is 12.8. The summed E-state index contributed by atoms with van der Waals surface area (Å²) in [5.41, 5.74) is 1.23. The number of nitrogens with one attached hydrogen (secondary N) is 1. The second-order valence-corrected chi connectivity index (χ2v) is 4.43. The lowest BCUT2D eigenvalue weighted by atomic mass is 9.88. The van der Waals surface area contributed by atoms with Crippen molar-refractivity contribution in [2.45, 2.75) is 27.2 Å². The lowest BCUT2D eigenvalue weighted by Crippen LogP contribution is -2.34. The Morgan fingerprint density at radius 1 is 1.25 bits per heavy atom. The Morgan fingerprint density at radius 2 is 1.88 bits per heavy atom. The highest BCUT2D eigenvalue weighted by atomic mass is 16.1. The molecule has 0 aromatic heterocycles. The summed E-state index contributed by atoms with van der Waals surface area (Å²) in [6.07, 6.45) is 0.824. The Kier molecular flexibility index (Phi) is 5.03. The molecule has 0 radical (unpaired) electrons. The summed E-state index contributed by atoms with van der Waals surface area (Å²) in [6, 6.07) is 10.2. The third-order valence-corrected chi connectivity index (χ3v) is 2.79. The van der Waals surface area contributed by atoms with Crippen LogP contribution in [0.15, 0.2) is 30.3 Å². The minimum Gasteiger partial charge on any atom is -0.356 e. The molecular formula is C14H21NO. The Morgan fingerprint density at radius 3 is 2.38 bits per heavy atom. The number of hydrogen-bond acceptors (Lipinski definition) is 1. The van der Waals surface area contributed by atoms with Crippen molar-refractivity contribution in [3.8, 4) is 0 Å². The monoisotopic (exact) mass is 219 g/mol. The van der Waals surface area contributed by atoms with Gasteiger partial charge in [0.15, 0.2) is 0 Å². The van der Waals surface area contributed by atoms with Crippen LogP contribution in [-0.4, -0.2) is 12.5 Å². The van der Waals surface area contributed by atoms with E-state index in [0.717, 1.165) is 6.42 Å². The van der Waals surface area contributed by atoms with Crippen LogP contribution in [-0.2, 0) is 11.2 Å².